The van der Waals surface area contributed by atoms with Crippen molar-refractivity contribution in [2.24, 2.45) is 0 Å². The second kappa shape index (κ2) is 20.6. The number of unbranched alkanes of at least 4 members (excludes halogenated alkanes) is 2. The third-order valence-corrected chi connectivity index (χ3v) is 12.7. The highest BCUT2D eigenvalue weighted by atomic mass is 32.2. The lowest BCUT2D eigenvalue weighted by molar-refractivity contribution is 0.245. The topological polar surface area (TPSA) is 136 Å². The Hall–Kier alpha value is -5.50. The van der Waals surface area contributed by atoms with Crippen LogP contribution in [0.25, 0.3) is 5.57 Å². The molecule has 0 spiro atoms. The van der Waals surface area contributed by atoms with Gasteiger partial charge in [0.05, 0.1) is 16.4 Å². The molecule has 0 saturated heterocycles. The van der Waals surface area contributed by atoms with E-state index in [2.05, 4.69) is 104 Å². The van der Waals surface area contributed by atoms with Gasteiger partial charge < -0.3 is 15.0 Å². The molecule has 326 valence electrons. The number of nitrogens with zero attached hydrogens (tertiary/aromatic N) is 2. The quantitative estimate of drug-likeness (QED) is 0.0688. The Kier molecular flexibility index (Phi) is 15.3. The maximum atomic E-state index is 12.1. The molecule has 0 heterocycles. The SMILES string of the molecule is CCCCN(c1cccc(S(=O)(=O)O)c1)c1ccc(/C(=C2/C=CC(N(CCCC)Cc3cccc(S(=O)(=O)O)c3)C=C2C)c2ccc(Nc3ccc(OCC)cc3)cc2)c(C)c1. The number of allylic oxidation sites excluding steroid dienone is 3. The zero-order valence-corrected chi connectivity index (χ0v) is 37.7. The van der Waals surface area contributed by atoms with Crippen molar-refractivity contribution in [1.82, 2.24) is 4.90 Å². The van der Waals surface area contributed by atoms with Gasteiger partial charge in [0, 0.05) is 41.9 Å². The summed E-state index contributed by atoms with van der Waals surface area (Å²) in [7, 11) is -8.72. The van der Waals surface area contributed by atoms with E-state index in [1.807, 2.05) is 43.3 Å². The second-order valence-electron chi connectivity index (χ2n) is 15.6. The van der Waals surface area contributed by atoms with E-state index in [0.717, 1.165) is 94.0 Å². The van der Waals surface area contributed by atoms with Gasteiger partial charge in [-0.25, -0.2) is 0 Å². The Labute approximate surface area is 367 Å². The third kappa shape index (κ3) is 11.7. The molecular weight excluding hydrogens is 819 g/mol. The fraction of sp³-hybridized carbons (Fsp3) is 0.280. The molecule has 62 heavy (non-hydrogen) atoms. The molecular formula is C50H57N3O7S2. The number of nitrogens with one attached hydrogen (secondary N) is 1. The third-order valence-electron chi connectivity index (χ3n) is 11.0. The molecule has 12 heteroatoms. The van der Waals surface area contributed by atoms with Crippen molar-refractivity contribution in [3.05, 3.63) is 167 Å². The minimum absolute atomic E-state index is 0.0595. The highest BCUT2D eigenvalue weighted by molar-refractivity contribution is 7.86. The molecule has 0 saturated carbocycles. The molecule has 0 fully saturated rings. The molecule has 0 bridgehead atoms. The van der Waals surface area contributed by atoms with Crippen molar-refractivity contribution in [2.75, 3.05) is 29.9 Å². The van der Waals surface area contributed by atoms with Crippen LogP contribution in [0.3, 0.4) is 0 Å². The highest BCUT2D eigenvalue weighted by Crippen LogP contribution is 2.39. The van der Waals surface area contributed by atoms with E-state index in [1.54, 1.807) is 12.1 Å². The van der Waals surface area contributed by atoms with Crippen LogP contribution in [0.2, 0.25) is 0 Å². The smallest absolute Gasteiger partial charge is 0.294 e. The summed E-state index contributed by atoms with van der Waals surface area (Å²) in [6, 6.07) is 35.5. The Morgan fingerprint density at radius 1 is 0.710 bits per heavy atom. The number of hydrogen-bond acceptors (Lipinski definition) is 8. The number of anilines is 4. The zero-order valence-electron chi connectivity index (χ0n) is 36.1. The van der Waals surface area contributed by atoms with Gasteiger partial charge in [0.25, 0.3) is 20.2 Å². The Balaban J connectivity index is 1.41. The molecule has 6 rings (SSSR count). The fourth-order valence-corrected chi connectivity index (χ4v) is 8.82. The van der Waals surface area contributed by atoms with Crippen molar-refractivity contribution in [2.45, 2.75) is 82.7 Å². The van der Waals surface area contributed by atoms with Crippen LogP contribution < -0.4 is 15.0 Å². The molecule has 0 amide bonds. The van der Waals surface area contributed by atoms with Crippen LogP contribution in [0.1, 0.15) is 75.6 Å². The van der Waals surface area contributed by atoms with Gasteiger partial charge in [0.2, 0.25) is 0 Å². The average molecular weight is 876 g/mol. The lowest BCUT2D eigenvalue weighted by Crippen LogP contribution is -2.34. The van der Waals surface area contributed by atoms with E-state index in [4.69, 9.17) is 4.74 Å². The first-order valence-electron chi connectivity index (χ1n) is 21.2. The fourth-order valence-electron chi connectivity index (χ4n) is 7.74. The number of aryl methyl sites for hydroxylation is 1. The average Bonchev–Trinajstić information content (AvgIpc) is 3.24. The summed E-state index contributed by atoms with van der Waals surface area (Å²) < 4.78 is 73.3. The summed E-state index contributed by atoms with van der Waals surface area (Å²) in [5.74, 6) is 0.817. The van der Waals surface area contributed by atoms with Gasteiger partial charge in [-0.1, -0.05) is 81.3 Å². The second-order valence-corrected chi connectivity index (χ2v) is 18.4. The lowest BCUT2D eigenvalue weighted by Gasteiger charge is -2.31. The van der Waals surface area contributed by atoms with Crippen molar-refractivity contribution < 1.29 is 30.7 Å². The molecule has 5 aromatic rings. The Morgan fingerprint density at radius 2 is 1.32 bits per heavy atom. The zero-order chi connectivity index (χ0) is 44.4. The molecule has 1 unspecified atom stereocenters. The molecule has 0 aromatic heterocycles. The summed E-state index contributed by atoms with van der Waals surface area (Å²) in [5.41, 5.74) is 10.6. The van der Waals surface area contributed by atoms with E-state index in [-0.39, 0.29) is 15.8 Å². The number of ether oxygens (including phenoxy) is 1. The maximum absolute atomic E-state index is 12.1. The number of benzene rings is 5. The number of hydrogen-bond donors (Lipinski definition) is 3. The molecule has 0 radical (unpaired) electrons. The lowest BCUT2D eigenvalue weighted by atomic mass is 9.84. The maximum Gasteiger partial charge on any atom is 0.294 e. The summed E-state index contributed by atoms with van der Waals surface area (Å²) in [6.07, 6.45) is 10.4. The van der Waals surface area contributed by atoms with Crippen molar-refractivity contribution in [3.63, 3.8) is 0 Å². The normalized spacial score (nSPS) is 15.0. The van der Waals surface area contributed by atoms with Crippen LogP contribution in [0.4, 0.5) is 22.7 Å². The van der Waals surface area contributed by atoms with E-state index < -0.39 is 20.2 Å². The first-order chi connectivity index (χ1) is 29.7. The van der Waals surface area contributed by atoms with Crippen LogP contribution in [-0.4, -0.2) is 56.6 Å². The minimum atomic E-state index is -4.39. The van der Waals surface area contributed by atoms with Gasteiger partial charge in [0.15, 0.2) is 0 Å². The summed E-state index contributed by atoms with van der Waals surface area (Å²) in [6.45, 7) is 13.0. The van der Waals surface area contributed by atoms with Crippen LogP contribution >= 0.6 is 0 Å². The molecule has 1 aliphatic rings. The van der Waals surface area contributed by atoms with Gasteiger partial charge in [0.1, 0.15) is 5.75 Å². The molecule has 0 aliphatic heterocycles. The van der Waals surface area contributed by atoms with Crippen LogP contribution in [0.15, 0.2) is 154 Å². The van der Waals surface area contributed by atoms with Crippen LogP contribution in [0, 0.1) is 6.92 Å². The van der Waals surface area contributed by atoms with Crippen molar-refractivity contribution in [3.8, 4) is 5.75 Å². The molecule has 1 aliphatic carbocycles. The van der Waals surface area contributed by atoms with E-state index in [9.17, 15) is 25.9 Å². The van der Waals surface area contributed by atoms with E-state index in [1.165, 1.54) is 24.3 Å². The first-order valence-corrected chi connectivity index (χ1v) is 24.0. The standard InChI is InChI=1S/C50H57N3O7S2/c1-6-9-29-52(35-38-13-11-15-46(33-38)61(54,55)56)42-23-27-48(36(4)31-42)50(39-17-19-40(20-18-39)51-41-21-25-45(26-22-41)60-8-3)49-28-24-44(32-37(49)5)53(30-10-7-2)43-14-12-16-47(34-43)62(57,58)59/h11-28,31-34,42,51H,6-10,29-30,35H2,1-5H3,(H,54,55,56)(H,57,58,59)/b50-48-. The predicted octanol–water partition coefficient (Wildman–Crippen LogP) is 11.6. The van der Waals surface area contributed by atoms with Crippen LogP contribution in [0.5, 0.6) is 5.75 Å². The molecule has 1 atom stereocenters. The van der Waals surface area contributed by atoms with Gasteiger partial charge in [-0.05, 0) is 158 Å². The van der Waals surface area contributed by atoms with E-state index in [0.29, 0.717) is 25.4 Å². The predicted molar refractivity (Wildman–Crippen MR) is 251 cm³/mol. The van der Waals surface area contributed by atoms with E-state index >= 15 is 0 Å². The largest absolute Gasteiger partial charge is 0.494 e. The van der Waals surface area contributed by atoms with Crippen molar-refractivity contribution in [1.29, 1.82) is 0 Å². The highest BCUT2D eigenvalue weighted by Gasteiger charge is 2.23. The summed E-state index contributed by atoms with van der Waals surface area (Å²) >= 11 is 0. The molecule has 10 nitrogen and oxygen atoms in total. The minimum Gasteiger partial charge on any atom is -0.494 e. The number of rotatable bonds is 19. The summed E-state index contributed by atoms with van der Waals surface area (Å²) in [4.78, 5) is 4.15. The Morgan fingerprint density at radius 3 is 1.94 bits per heavy atom. The van der Waals surface area contributed by atoms with Crippen molar-refractivity contribution >= 4 is 48.6 Å². The first kappa shape index (κ1) is 46.0. The van der Waals surface area contributed by atoms with Gasteiger partial charge in [-0.3, -0.25) is 14.0 Å². The monoisotopic (exact) mass is 875 g/mol. The van der Waals surface area contributed by atoms with Gasteiger partial charge in [-0.15, -0.1) is 0 Å². The molecule has 3 N–H and O–H groups in total. The van der Waals surface area contributed by atoms with Crippen LogP contribution in [-0.2, 0) is 26.8 Å². The summed E-state index contributed by atoms with van der Waals surface area (Å²) in [5, 5.41) is 3.50. The van der Waals surface area contributed by atoms with Gasteiger partial charge in [-0.2, -0.15) is 16.8 Å². The Bertz CT molecular complexity index is 2660. The van der Waals surface area contributed by atoms with Gasteiger partial charge >= 0.3 is 0 Å². The molecule has 5 aromatic carbocycles.